The molecule has 96 valence electrons. The van der Waals surface area contributed by atoms with E-state index in [1.54, 1.807) is 0 Å². The van der Waals surface area contributed by atoms with Gasteiger partial charge in [-0.25, -0.2) is 4.79 Å². The molecule has 0 bridgehead atoms. The van der Waals surface area contributed by atoms with E-state index >= 15 is 0 Å². The van der Waals surface area contributed by atoms with Crippen LogP contribution in [0.4, 0.5) is 5.69 Å². The molecule has 0 fully saturated rings. The van der Waals surface area contributed by atoms with Gasteiger partial charge >= 0.3 is 5.97 Å². The Labute approximate surface area is 107 Å². The molecule has 0 atom stereocenters. The summed E-state index contributed by atoms with van der Waals surface area (Å²) in [6, 6.07) is 1.49. The summed E-state index contributed by atoms with van der Waals surface area (Å²) in [7, 11) is 0. The highest BCUT2D eigenvalue weighted by Gasteiger charge is 2.11. The molecule has 7 nitrogen and oxygen atoms in total. The molecule has 0 radical (unpaired) electrons. The van der Waals surface area contributed by atoms with Crippen LogP contribution in [0.1, 0.15) is 15.9 Å². The van der Waals surface area contributed by atoms with Gasteiger partial charge in [-0.15, -0.1) is 0 Å². The second-order valence-electron chi connectivity index (χ2n) is 3.50. The number of hydrogen-bond acceptors (Lipinski definition) is 5. The van der Waals surface area contributed by atoms with Gasteiger partial charge in [-0.1, -0.05) is 5.16 Å². The van der Waals surface area contributed by atoms with Crippen molar-refractivity contribution in [3.05, 3.63) is 48.1 Å². The number of carbonyl (C=O) groups excluding carboxylic acids is 1. The van der Waals surface area contributed by atoms with Crippen molar-refractivity contribution in [2.24, 2.45) is 0 Å². The smallest absolute Gasteiger partial charge is 0.328 e. The molecule has 0 spiro atoms. The SMILES string of the molecule is O=C(O)C=Cc1cnccc1C(=O)Nc1cnoc1. The Morgan fingerprint density at radius 3 is 2.89 bits per heavy atom. The number of aromatic nitrogens is 2. The minimum Gasteiger partial charge on any atom is -0.478 e. The molecule has 0 saturated carbocycles. The van der Waals surface area contributed by atoms with Crippen LogP contribution >= 0.6 is 0 Å². The summed E-state index contributed by atoms with van der Waals surface area (Å²) in [5, 5.41) is 14.6. The van der Waals surface area contributed by atoms with Gasteiger partial charge in [0.25, 0.3) is 5.91 Å². The molecular weight excluding hydrogens is 250 g/mol. The molecule has 2 aromatic rings. The zero-order chi connectivity index (χ0) is 13.7. The number of nitrogens with one attached hydrogen (secondary N) is 1. The third kappa shape index (κ3) is 3.25. The first kappa shape index (κ1) is 12.5. The highest BCUT2D eigenvalue weighted by Crippen LogP contribution is 2.12. The lowest BCUT2D eigenvalue weighted by Crippen LogP contribution is -2.13. The summed E-state index contributed by atoms with van der Waals surface area (Å²) < 4.78 is 4.59. The number of amides is 1. The highest BCUT2D eigenvalue weighted by atomic mass is 16.5. The fourth-order valence-electron chi connectivity index (χ4n) is 1.37. The molecule has 0 unspecified atom stereocenters. The molecule has 2 rings (SSSR count). The lowest BCUT2D eigenvalue weighted by Gasteiger charge is -2.04. The van der Waals surface area contributed by atoms with E-state index in [4.69, 9.17) is 5.11 Å². The van der Waals surface area contributed by atoms with Gasteiger partial charge in [-0.3, -0.25) is 9.78 Å². The third-order valence-electron chi connectivity index (χ3n) is 2.19. The first-order valence-electron chi connectivity index (χ1n) is 5.22. The van der Waals surface area contributed by atoms with Gasteiger partial charge in [-0.2, -0.15) is 0 Å². The molecule has 0 aliphatic rings. The van der Waals surface area contributed by atoms with E-state index in [2.05, 4.69) is 20.0 Å². The van der Waals surface area contributed by atoms with Gasteiger partial charge in [0, 0.05) is 29.6 Å². The zero-order valence-electron chi connectivity index (χ0n) is 9.61. The van der Waals surface area contributed by atoms with E-state index in [-0.39, 0.29) is 0 Å². The van der Waals surface area contributed by atoms with E-state index in [1.165, 1.54) is 37.0 Å². The van der Waals surface area contributed by atoms with Crippen molar-refractivity contribution in [3.63, 3.8) is 0 Å². The van der Waals surface area contributed by atoms with Crippen molar-refractivity contribution < 1.29 is 19.2 Å². The molecule has 0 aliphatic heterocycles. The first-order chi connectivity index (χ1) is 9.16. The Balaban J connectivity index is 2.24. The lowest BCUT2D eigenvalue weighted by atomic mass is 10.1. The lowest BCUT2D eigenvalue weighted by molar-refractivity contribution is -0.131. The van der Waals surface area contributed by atoms with Crippen molar-refractivity contribution in [2.75, 3.05) is 5.32 Å². The molecule has 1 amide bonds. The highest BCUT2D eigenvalue weighted by molar-refractivity contribution is 6.06. The summed E-state index contributed by atoms with van der Waals surface area (Å²) in [5.74, 6) is -1.51. The molecule has 2 heterocycles. The largest absolute Gasteiger partial charge is 0.478 e. The second-order valence-corrected chi connectivity index (χ2v) is 3.50. The minimum absolute atomic E-state index is 0.300. The molecule has 2 N–H and O–H groups in total. The van der Waals surface area contributed by atoms with E-state index in [0.717, 1.165) is 6.08 Å². The van der Waals surface area contributed by atoms with Crippen molar-refractivity contribution in [3.8, 4) is 0 Å². The fraction of sp³-hybridized carbons (Fsp3) is 0. The van der Waals surface area contributed by atoms with Crippen LogP contribution in [0.5, 0.6) is 0 Å². The maximum Gasteiger partial charge on any atom is 0.328 e. The summed E-state index contributed by atoms with van der Waals surface area (Å²) >= 11 is 0. The molecule has 0 saturated heterocycles. The molecule has 7 heteroatoms. The zero-order valence-corrected chi connectivity index (χ0v) is 9.61. The third-order valence-corrected chi connectivity index (χ3v) is 2.19. The molecule has 0 aromatic carbocycles. The Kier molecular flexibility index (Phi) is 3.67. The van der Waals surface area contributed by atoms with Crippen LogP contribution < -0.4 is 5.32 Å². The Bertz CT molecular complexity index is 620. The standard InChI is InChI=1S/C12H9N3O4/c16-11(17)2-1-8-5-13-4-3-10(8)12(18)15-9-6-14-19-7-9/h1-7H,(H,15,18)(H,16,17). The number of carboxylic acid groups (broad SMARTS) is 1. The Hall–Kier alpha value is -2.96. The Morgan fingerprint density at radius 1 is 1.37 bits per heavy atom. The first-order valence-corrected chi connectivity index (χ1v) is 5.22. The maximum absolute atomic E-state index is 12.0. The second kappa shape index (κ2) is 5.58. The number of rotatable bonds is 4. The summed E-state index contributed by atoms with van der Waals surface area (Å²) in [6.07, 6.45) is 7.73. The summed E-state index contributed by atoms with van der Waals surface area (Å²) in [4.78, 5) is 26.3. The van der Waals surface area contributed by atoms with Gasteiger partial charge in [0.1, 0.15) is 12.0 Å². The van der Waals surface area contributed by atoms with Crippen LogP contribution in [0.15, 0.2) is 41.5 Å². The van der Waals surface area contributed by atoms with Crippen LogP contribution in [0.2, 0.25) is 0 Å². The monoisotopic (exact) mass is 259 g/mol. The van der Waals surface area contributed by atoms with Crippen molar-refractivity contribution >= 4 is 23.6 Å². The van der Waals surface area contributed by atoms with Crippen LogP contribution in [0.3, 0.4) is 0 Å². The van der Waals surface area contributed by atoms with E-state index < -0.39 is 11.9 Å². The normalized spacial score (nSPS) is 10.5. The van der Waals surface area contributed by atoms with Crippen LogP contribution in [-0.2, 0) is 4.79 Å². The number of carbonyl (C=O) groups is 2. The minimum atomic E-state index is -1.10. The average molecular weight is 259 g/mol. The van der Waals surface area contributed by atoms with Gasteiger partial charge in [-0.05, 0) is 12.1 Å². The topological polar surface area (TPSA) is 105 Å². The van der Waals surface area contributed by atoms with Gasteiger partial charge in [0.15, 0.2) is 0 Å². The molecular formula is C12H9N3O4. The maximum atomic E-state index is 12.0. The van der Waals surface area contributed by atoms with Gasteiger partial charge in [0.2, 0.25) is 0 Å². The van der Waals surface area contributed by atoms with Crippen molar-refractivity contribution in [2.45, 2.75) is 0 Å². The number of aliphatic carboxylic acids is 1. The van der Waals surface area contributed by atoms with Crippen molar-refractivity contribution in [1.29, 1.82) is 0 Å². The van der Waals surface area contributed by atoms with E-state index in [9.17, 15) is 9.59 Å². The number of pyridine rings is 1. The van der Waals surface area contributed by atoms with E-state index in [0.29, 0.717) is 16.8 Å². The Morgan fingerprint density at radius 2 is 2.21 bits per heavy atom. The number of nitrogens with zero attached hydrogens (tertiary/aromatic N) is 2. The number of hydrogen-bond donors (Lipinski definition) is 2. The van der Waals surface area contributed by atoms with Crippen LogP contribution in [-0.4, -0.2) is 27.1 Å². The van der Waals surface area contributed by atoms with E-state index in [1.807, 2.05) is 0 Å². The number of carboxylic acids is 1. The summed E-state index contributed by atoms with van der Waals surface area (Å²) in [6.45, 7) is 0. The molecule has 0 aliphatic carbocycles. The molecule has 2 aromatic heterocycles. The number of anilines is 1. The average Bonchev–Trinajstić information content (AvgIpc) is 2.89. The van der Waals surface area contributed by atoms with Crippen molar-refractivity contribution in [1.82, 2.24) is 10.1 Å². The quantitative estimate of drug-likeness (QED) is 0.804. The molecule has 19 heavy (non-hydrogen) atoms. The van der Waals surface area contributed by atoms with Gasteiger partial charge in [0.05, 0.1) is 6.20 Å². The van der Waals surface area contributed by atoms with Crippen LogP contribution in [0.25, 0.3) is 6.08 Å². The summed E-state index contributed by atoms with van der Waals surface area (Å²) in [5.41, 5.74) is 1.11. The predicted octanol–water partition coefficient (Wildman–Crippen LogP) is 1.42. The van der Waals surface area contributed by atoms with Gasteiger partial charge < -0.3 is 14.9 Å². The van der Waals surface area contributed by atoms with Crippen LogP contribution in [0, 0.1) is 0 Å². The predicted molar refractivity (Wildman–Crippen MR) is 65.4 cm³/mol. The fourth-order valence-corrected chi connectivity index (χ4v) is 1.37.